The summed E-state index contributed by atoms with van der Waals surface area (Å²) in [6, 6.07) is 6.75. The van der Waals surface area contributed by atoms with E-state index >= 15 is 0 Å². The number of rotatable bonds is 5. The van der Waals surface area contributed by atoms with E-state index in [0.717, 1.165) is 18.2 Å². The lowest BCUT2D eigenvalue weighted by molar-refractivity contribution is -0.137. The summed E-state index contributed by atoms with van der Waals surface area (Å²) in [6.07, 6.45) is -4.55. The fraction of sp³-hybridized carbons (Fsp3) is 0.316. The normalized spacial score (nSPS) is 14.6. The third-order valence-electron chi connectivity index (χ3n) is 4.21. The summed E-state index contributed by atoms with van der Waals surface area (Å²) >= 11 is 5.65. The molecule has 1 heterocycles. The van der Waals surface area contributed by atoms with E-state index in [4.69, 9.17) is 21.1 Å². The molecule has 1 N–H and O–H groups in total. The third kappa shape index (κ3) is 5.51. The van der Waals surface area contributed by atoms with Gasteiger partial charge in [-0.25, -0.2) is 4.39 Å². The quantitative estimate of drug-likeness (QED) is 0.714. The molecule has 0 radical (unpaired) electrons. The molecular weight excluding hydrogens is 416 g/mol. The second-order valence-electron chi connectivity index (χ2n) is 6.24. The second-order valence-corrected chi connectivity index (χ2v) is 6.65. The maximum absolute atomic E-state index is 13.2. The lowest BCUT2D eigenvalue weighted by Gasteiger charge is -2.31. The molecule has 1 aliphatic heterocycles. The summed E-state index contributed by atoms with van der Waals surface area (Å²) in [4.78, 5) is 14.1. The maximum atomic E-state index is 13.2. The Morgan fingerprint density at radius 2 is 1.90 bits per heavy atom. The average Bonchev–Trinajstić information content (AvgIpc) is 2.69. The van der Waals surface area contributed by atoms with Gasteiger partial charge in [0, 0.05) is 19.2 Å². The van der Waals surface area contributed by atoms with E-state index in [0.29, 0.717) is 32.0 Å². The van der Waals surface area contributed by atoms with Crippen molar-refractivity contribution in [2.75, 3.05) is 43.1 Å². The fourth-order valence-electron chi connectivity index (χ4n) is 2.79. The first-order valence-electron chi connectivity index (χ1n) is 8.65. The number of carbonyl (C=O) groups excluding carboxylic acids is 1. The smallest absolute Gasteiger partial charge is 0.416 e. The summed E-state index contributed by atoms with van der Waals surface area (Å²) in [5.74, 6) is -1.15. The number of hydrogen-bond acceptors (Lipinski definition) is 4. The minimum Gasteiger partial charge on any atom is -0.484 e. The van der Waals surface area contributed by atoms with Crippen molar-refractivity contribution in [2.24, 2.45) is 0 Å². The Morgan fingerprint density at radius 1 is 1.17 bits per heavy atom. The molecule has 10 heteroatoms. The number of nitrogens with zero attached hydrogens (tertiary/aromatic N) is 1. The van der Waals surface area contributed by atoms with Crippen LogP contribution in [0.2, 0.25) is 5.02 Å². The molecule has 0 aromatic heterocycles. The van der Waals surface area contributed by atoms with Crippen molar-refractivity contribution in [1.82, 2.24) is 0 Å². The highest BCUT2D eigenvalue weighted by Gasteiger charge is 2.32. The van der Waals surface area contributed by atoms with E-state index in [2.05, 4.69) is 5.32 Å². The van der Waals surface area contributed by atoms with Gasteiger partial charge in [-0.2, -0.15) is 13.2 Å². The molecular formula is C19H17ClF4N2O3. The molecule has 0 aliphatic carbocycles. The van der Waals surface area contributed by atoms with Crippen LogP contribution in [-0.2, 0) is 15.7 Å². The minimum atomic E-state index is -4.55. The second kappa shape index (κ2) is 8.87. The van der Waals surface area contributed by atoms with Gasteiger partial charge >= 0.3 is 6.18 Å². The highest BCUT2D eigenvalue weighted by molar-refractivity contribution is 6.30. The van der Waals surface area contributed by atoms with Gasteiger partial charge in [0.2, 0.25) is 0 Å². The van der Waals surface area contributed by atoms with Gasteiger partial charge in [0.1, 0.15) is 11.6 Å². The van der Waals surface area contributed by atoms with Crippen LogP contribution in [0.5, 0.6) is 5.75 Å². The molecule has 0 atom stereocenters. The Hall–Kier alpha value is -2.52. The zero-order valence-corrected chi connectivity index (χ0v) is 15.8. The number of carbonyl (C=O) groups is 1. The first-order valence-corrected chi connectivity index (χ1v) is 9.03. The van der Waals surface area contributed by atoms with Gasteiger partial charge in [0.05, 0.1) is 35.2 Å². The molecule has 5 nitrogen and oxygen atoms in total. The Bertz CT molecular complexity index is 886. The molecule has 2 aromatic rings. The van der Waals surface area contributed by atoms with E-state index in [9.17, 15) is 22.4 Å². The number of ether oxygens (including phenoxy) is 2. The predicted molar refractivity (Wildman–Crippen MR) is 100 cm³/mol. The van der Waals surface area contributed by atoms with Crippen molar-refractivity contribution in [3.05, 3.63) is 52.8 Å². The zero-order valence-electron chi connectivity index (χ0n) is 15.1. The number of nitrogens with one attached hydrogen (secondary N) is 1. The number of hydrogen-bond donors (Lipinski definition) is 1. The Labute approximate surface area is 169 Å². The predicted octanol–water partition coefficient (Wildman–Crippen LogP) is 4.35. The number of benzene rings is 2. The summed E-state index contributed by atoms with van der Waals surface area (Å²) in [7, 11) is 0. The number of morpholine rings is 1. The average molecular weight is 433 g/mol. The van der Waals surface area contributed by atoms with Crippen LogP contribution in [-0.4, -0.2) is 38.8 Å². The standard InChI is InChI=1S/C19H17ClF4N2O3/c20-14-10-13(2-3-15(14)21)29-11-18(27)25-16-9-12(19(22,23)24)1-4-17(16)26-5-7-28-8-6-26/h1-4,9-10H,5-8,11H2,(H,25,27). The van der Waals surface area contributed by atoms with E-state index in [1.807, 2.05) is 4.90 Å². The molecule has 1 aliphatic rings. The van der Waals surface area contributed by atoms with E-state index in [1.54, 1.807) is 0 Å². The van der Waals surface area contributed by atoms with Crippen LogP contribution in [0.4, 0.5) is 28.9 Å². The van der Waals surface area contributed by atoms with Crippen LogP contribution >= 0.6 is 11.6 Å². The summed E-state index contributed by atoms with van der Waals surface area (Å²) in [6.45, 7) is 1.35. The van der Waals surface area contributed by atoms with Crippen molar-refractivity contribution in [3.8, 4) is 5.75 Å². The molecule has 0 spiro atoms. The molecule has 3 rings (SSSR count). The topological polar surface area (TPSA) is 50.8 Å². The number of halogens is 5. The first kappa shape index (κ1) is 21.2. The summed E-state index contributed by atoms with van der Waals surface area (Å²) in [5, 5.41) is 2.29. The van der Waals surface area contributed by atoms with Gasteiger partial charge < -0.3 is 19.7 Å². The molecule has 1 saturated heterocycles. The van der Waals surface area contributed by atoms with E-state index in [1.165, 1.54) is 18.2 Å². The molecule has 29 heavy (non-hydrogen) atoms. The minimum absolute atomic E-state index is 0.0208. The Morgan fingerprint density at radius 3 is 2.55 bits per heavy atom. The maximum Gasteiger partial charge on any atom is 0.416 e. The SMILES string of the molecule is O=C(COc1ccc(F)c(Cl)c1)Nc1cc(C(F)(F)F)ccc1N1CCOCC1. The van der Waals surface area contributed by atoms with Gasteiger partial charge in [0.25, 0.3) is 5.91 Å². The number of anilines is 2. The Kier molecular flexibility index (Phi) is 6.49. The molecule has 1 amide bonds. The summed E-state index contributed by atoms with van der Waals surface area (Å²) < 4.78 is 63.0. The van der Waals surface area contributed by atoms with Crippen LogP contribution in [0.25, 0.3) is 0 Å². The Balaban J connectivity index is 1.75. The van der Waals surface area contributed by atoms with Crippen molar-refractivity contribution in [3.63, 3.8) is 0 Å². The third-order valence-corrected chi connectivity index (χ3v) is 4.50. The van der Waals surface area contributed by atoms with E-state index in [-0.39, 0.29) is 16.5 Å². The largest absolute Gasteiger partial charge is 0.484 e. The molecule has 0 bridgehead atoms. The van der Waals surface area contributed by atoms with Crippen molar-refractivity contribution in [2.45, 2.75) is 6.18 Å². The van der Waals surface area contributed by atoms with Gasteiger partial charge in [-0.3, -0.25) is 4.79 Å². The monoisotopic (exact) mass is 432 g/mol. The molecule has 0 saturated carbocycles. The van der Waals surface area contributed by atoms with Crippen LogP contribution in [0.15, 0.2) is 36.4 Å². The van der Waals surface area contributed by atoms with Crippen molar-refractivity contribution < 1.29 is 31.8 Å². The lowest BCUT2D eigenvalue weighted by atomic mass is 10.1. The number of alkyl halides is 3. The van der Waals surface area contributed by atoms with Crippen LogP contribution in [0.1, 0.15) is 5.56 Å². The van der Waals surface area contributed by atoms with Gasteiger partial charge in [-0.15, -0.1) is 0 Å². The highest BCUT2D eigenvalue weighted by atomic mass is 35.5. The molecule has 0 unspecified atom stereocenters. The van der Waals surface area contributed by atoms with Crippen LogP contribution in [0.3, 0.4) is 0 Å². The van der Waals surface area contributed by atoms with E-state index < -0.39 is 30.1 Å². The van der Waals surface area contributed by atoms with Gasteiger partial charge in [-0.05, 0) is 30.3 Å². The molecule has 1 fully saturated rings. The van der Waals surface area contributed by atoms with Crippen molar-refractivity contribution in [1.29, 1.82) is 0 Å². The van der Waals surface area contributed by atoms with Gasteiger partial charge in [-0.1, -0.05) is 11.6 Å². The lowest BCUT2D eigenvalue weighted by Crippen LogP contribution is -2.37. The molecule has 156 valence electrons. The zero-order chi connectivity index (χ0) is 21.0. The fourth-order valence-corrected chi connectivity index (χ4v) is 2.96. The van der Waals surface area contributed by atoms with Gasteiger partial charge in [0.15, 0.2) is 6.61 Å². The summed E-state index contributed by atoms with van der Waals surface area (Å²) in [5.41, 5.74) is -0.400. The molecule has 2 aromatic carbocycles. The number of amides is 1. The van der Waals surface area contributed by atoms with Crippen molar-refractivity contribution >= 4 is 28.9 Å². The van der Waals surface area contributed by atoms with Crippen LogP contribution < -0.4 is 15.0 Å². The first-order chi connectivity index (χ1) is 13.7. The highest BCUT2D eigenvalue weighted by Crippen LogP contribution is 2.35. The van der Waals surface area contributed by atoms with Crippen LogP contribution in [0, 0.1) is 5.82 Å².